The lowest BCUT2D eigenvalue weighted by Gasteiger charge is -2.34. The number of anilines is 2. The van der Waals surface area contributed by atoms with Gasteiger partial charge in [-0.1, -0.05) is 0 Å². The molecule has 1 saturated heterocycles. The fraction of sp³-hybridized carbons (Fsp3) is 0.292. The Bertz CT molecular complexity index is 1290. The summed E-state index contributed by atoms with van der Waals surface area (Å²) in [6, 6.07) is 9.15. The molecule has 1 amide bonds. The van der Waals surface area contributed by atoms with Crippen molar-refractivity contribution in [2.45, 2.75) is 4.90 Å². The van der Waals surface area contributed by atoms with Gasteiger partial charge in [0, 0.05) is 49.8 Å². The number of methoxy groups -OCH3 is 3. The number of rotatable bonds is 8. The standard InChI is InChI=1S/C24H27N5O6S/c1-33-20-14-17(15-21(34-2)23(20)35-3)24(30)27-18-4-6-19(7-5-18)36(31,32)29-12-10-28(11-13-29)22-16-25-8-9-26-22/h4-9,14-16H,10-13H2,1-3H3,(H,27,30). The largest absolute Gasteiger partial charge is 0.493 e. The van der Waals surface area contributed by atoms with E-state index in [0.29, 0.717) is 54.7 Å². The second-order valence-electron chi connectivity index (χ2n) is 7.85. The predicted molar refractivity (Wildman–Crippen MR) is 133 cm³/mol. The summed E-state index contributed by atoms with van der Waals surface area (Å²) < 4.78 is 43.6. The summed E-state index contributed by atoms with van der Waals surface area (Å²) in [7, 11) is 0.732. The summed E-state index contributed by atoms with van der Waals surface area (Å²) in [4.78, 5) is 23.3. The van der Waals surface area contributed by atoms with Gasteiger partial charge in [0.1, 0.15) is 5.82 Å². The van der Waals surface area contributed by atoms with Crippen molar-refractivity contribution >= 4 is 27.4 Å². The molecule has 12 heteroatoms. The highest BCUT2D eigenvalue weighted by Crippen LogP contribution is 2.38. The van der Waals surface area contributed by atoms with Crippen LogP contribution in [0, 0.1) is 0 Å². The van der Waals surface area contributed by atoms with E-state index in [9.17, 15) is 13.2 Å². The molecule has 0 radical (unpaired) electrons. The lowest BCUT2D eigenvalue weighted by atomic mass is 10.1. The van der Waals surface area contributed by atoms with Crippen LogP contribution in [0.2, 0.25) is 0 Å². The maximum absolute atomic E-state index is 13.1. The predicted octanol–water partition coefficient (Wildman–Crippen LogP) is 2.27. The topological polar surface area (TPSA) is 123 Å². The van der Waals surface area contributed by atoms with Crippen LogP contribution in [0.3, 0.4) is 0 Å². The van der Waals surface area contributed by atoms with Gasteiger partial charge in [-0.25, -0.2) is 13.4 Å². The minimum atomic E-state index is -3.68. The van der Waals surface area contributed by atoms with E-state index in [1.807, 2.05) is 4.90 Å². The zero-order valence-electron chi connectivity index (χ0n) is 20.2. The average Bonchev–Trinajstić information content (AvgIpc) is 2.93. The first kappa shape index (κ1) is 25.2. The number of piperazine rings is 1. The summed E-state index contributed by atoms with van der Waals surface area (Å²) in [6.07, 6.45) is 4.87. The van der Waals surface area contributed by atoms with Crippen LogP contribution in [0.25, 0.3) is 0 Å². The number of amides is 1. The first-order valence-corrected chi connectivity index (χ1v) is 12.5. The van der Waals surface area contributed by atoms with Crippen molar-refractivity contribution in [2.75, 3.05) is 57.7 Å². The number of aromatic nitrogens is 2. The van der Waals surface area contributed by atoms with E-state index < -0.39 is 15.9 Å². The Morgan fingerprint density at radius 3 is 2.08 bits per heavy atom. The highest BCUT2D eigenvalue weighted by atomic mass is 32.2. The number of benzene rings is 2. The van der Waals surface area contributed by atoms with Crippen molar-refractivity contribution in [1.29, 1.82) is 0 Å². The molecule has 3 aromatic rings. The van der Waals surface area contributed by atoms with Crippen molar-refractivity contribution in [3.05, 3.63) is 60.6 Å². The van der Waals surface area contributed by atoms with Crippen LogP contribution in [-0.2, 0) is 10.0 Å². The molecule has 190 valence electrons. The van der Waals surface area contributed by atoms with Crippen LogP contribution in [-0.4, -0.2) is 76.1 Å². The Balaban J connectivity index is 1.43. The summed E-state index contributed by atoms with van der Waals surface area (Å²) in [5.74, 6) is 1.39. The van der Waals surface area contributed by atoms with Crippen molar-refractivity contribution < 1.29 is 27.4 Å². The van der Waals surface area contributed by atoms with E-state index >= 15 is 0 Å². The minimum Gasteiger partial charge on any atom is -0.493 e. The molecule has 1 aliphatic heterocycles. The van der Waals surface area contributed by atoms with Gasteiger partial charge in [-0.05, 0) is 36.4 Å². The van der Waals surface area contributed by atoms with Crippen molar-refractivity contribution in [2.24, 2.45) is 0 Å². The number of ether oxygens (including phenoxy) is 3. The third-order valence-electron chi connectivity index (χ3n) is 5.79. The molecule has 1 aliphatic rings. The van der Waals surface area contributed by atoms with Gasteiger partial charge in [0.2, 0.25) is 15.8 Å². The SMILES string of the molecule is COc1cc(C(=O)Nc2ccc(S(=O)(=O)N3CCN(c4cnccn4)CC3)cc2)cc(OC)c1OC. The van der Waals surface area contributed by atoms with Gasteiger partial charge in [-0.15, -0.1) is 0 Å². The molecule has 1 fully saturated rings. The molecule has 2 aromatic carbocycles. The monoisotopic (exact) mass is 513 g/mol. The van der Waals surface area contributed by atoms with Crippen LogP contribution >= 0.6 is 0 Å². The molecule has 11 nitrogen and oxygen atoms in total. The molecular weight excluding hydrogens is 486 g/mol. The Labute approximate surface area is 209 Å². The highest BCUT2D eigenvalue weighted by Gasteiger charge is 2.29. The van der Waals surface area contributed by atoms with E-state index in [-0.39, 0.29) is 4.90 Å². The second kappa shape index (κ2) is 10.8. The molecule has 0 spiro atoms. The van der Waals surface area contributed by atoms with Gasteiger partial charge in [0.15, 0.2) is 11.5 Å². The molecule has 4 rings (SSSR count). The van der Waals surface area contributed by atoms with Crippen LogP contribution in [0.5, 0.6) is 17.2 Å². The maximum Gasteiger partial charge on any atom is 0.255 e. The molecule has 1 N–H and O–H groups in total. The molecule has 2 heterocycles. The first-order chi connectivity index (χ1) is 17.4. The number of nitrogens with zero attached hydrogens (tertiary/aromatic N) is 4. The minimum absolute atomic E-state index is 0.154. The van der Waals surface area contributed by atoms with E-state index in [1.54, 1.807) is 30.7 Å². The van der Waals surface area contributed by atoms with Gasteiger partial charge in [0.05, 0.1) is 32.4 Å². The van der Waals surface area contributed by atoms with Gasteiger partial charge in [-0.3, -0.25) is 9.78 Å². The molecule has 0 bridgehead atoms. The summed E-state index contributed by atoms with van der Waals surface area (Å²) in [5, 5.41) is 2.76. The van der Waals surface area contributed by atoms with Crippen LogP contribution in [0.15, 0.2) is 59.9 Å². The second-order valence-corrected chi connectivity index (χ2v) is 9.79. The third-order valence-corrected chi connectivity index (χ3v) is 7.70. The molecule has 0 atom stereocenters. The van der Waals surface area contributed by atoms with E-state index in [2.05, 4.69) is 15.3 Å². The van der Waals surface area contributed by atoms with Crippen LogP contribution in [0.4, 0.5) is 11.5 Å². The average molecular weight is 514 g/mol. The van der Waals surface area contributed by atoms with Crippen molar-refractivity contribution in [3.63, 3.8) is 0 Å². The zero-order chi connectivity index (χ0) is 25.7. The van der Waals surface area contributed by atoms with Crippen molar-refractivity contribution in [3.8, 4) is 17.2 Å². The fourth-order valence-electron chi connectivity index (χ4n) is 3.89. The highest BCUT2D eigenvalue weighted by molar-refractivity contribution is 7.89. The third kappa shape index (κ3) is 5.19. The van der Waals surface area contributed by atoms with Crippen LogP contribution < -0.4 is 24.4 Å². The lowest BCUT2D eigenvalue weighted by molar-refractivity contribution is 0.102. The number of hydrogen-bond acceptors (Lipinski definition) is 9. The number of carbonyl (C=O) groups is 1. The molecular formula is C24H27N5O6S. The smallest absolute Gasteiger partial charge is 0.255 e. The summed E-state index contributed by atoms with van der Waals surface area (Å²) >= 11 is 0. The first-order valence-electron chi connectivity index (χ1n) is 11.1. The van der Waals surface area contributed by atoms with Gasteiger partial charge >= 0.3 is 0 Å². The number of sulfonamides is 1. The van der Waals surface area contributed by atoms with Gasteiger partial charge in [0.25, 0.3) is 5.91 Å². The molecule has 0 aliphatic carbocycles. The fourth-order valence-corrected chi connectivity index (χ4v) is 5.31. The molecule has 0 saturated carbocycles. The van der Waals surface area contributed by atoms with Gasteiger partial charge in [-0.2, -0.15) is 4.31 Å². The Morgan fingerprint density at radius 2 is 1.56 bits per heavy atom. The van der Waals surface area contributed by atoms with E-state index in [4.69, 9.17) is 14.2 Å². The summed E-state index contributed by atoms with van der Waals surface area (Å²) in [5.41, 5.74) is 0.738. The van der Waals surface area contributed by atoms with Gasteiger partial charge < -0.3 is 24.4 Å². The van der Waals surface area contributed by atoms with Crippen LogP contribution in [0.1, 0.15) is 10.4 Å². The zero-order valence-corrected chi connectivity index (χ0v) is 21.0. The Kier molecular flexibility index (Phi) is 7.55. The molecule has 1 aromatic heterocycles. The molecule has 36 heavy (non-hydrogen) atoms. The maximum atomic E-state index is 13.1. The van der Waals surface area contributed by atoms with E-state index in [0.717, 1.165) is 5.82 Å². The van der Waals surface area contributed by atoms with Crippen molar-refractivity contribution in [1.82, 2.24) is 14.3 Å². The Hall–Kier alpha value is -3.90. The lowest BCUT2D eigenvalue weighted by Crippen LogP contribution is -2.48. The number of carbonyl (C=O) groups excluding carboxylic acids is 1. The number of hydrogen-bond donors (Lipinski definition) is 1. The molecule has 0 unspecified atom stereocenters. The Morgan fingerprint density at radius 1 is 0.917 bits per heavy atom. The summed E-state index contributed by atoms with van der Waals surface area (Å²) in [6.45, 7) is 1.69. The quantitative estimate of drug-likeness (QED) is 0.483. The number of nitrogens with one attached hydrogen (secondary N) is 1. The normalized spacial score (nSPS) is 14.2. The van der Waals surface area contributed by atoms with E-state index in [1.165, 1.54) is 49.9 Å².